The number of rotatable bonds is 4. The fraction of sp³-hybridized carbons (Fsp3) is 0.714. The maximum atomic E-state index is 11.8. The summed E-state index contributed by atoms with van der Waals surface area (Å²) in [4.78, 5) is 11.8. The summed E-state index contributed by atoms with van der Waals surface area (Å²) in [7, 11) is 0. The van der Waals surface area contributed by atoms with E-state index in [0.29, 0.717) is 18.9 Å². The highest BCUT2D eigenvalue weighted by Crippen LogP contribution is 2.20. The molecular formula is C14H24N4O. The van der Waals surface area contributed by atoms with E-state index in [1.54, 1.807) is 0 Å². The van der Waals surface area contributed by atoms with Crippen LogP contribution in [0.4, 0.5) is 0 Å². The zero-order chi connectivity index (χ0) is 13.9. The van der Waals surface area contributed by atoms with E-state index < -0.39 is 0 Å². The Kier molecular flexibility index (Phi) is 4.24. The summed E-state index contributed by atoms with van der Waals surface area (Å²) >= 11 is 0. The van der Waals surface area contributed by atoms with E-state index >= 15 is 0 Å². The van der Waals surface area contributed by atoms with Gasteiger partial charge in [0.25, 0.3) is 0 Å². The summed E-state index contributed by atoms with van der Waals surface area (Å²) in [6.45, 7) is 8.90. The third kappa shape index (κ3) is 4.06. The second kappa shape index (κ2) is 5.74. The van der Waals surface area contributed by atoms with Gasteiger partial charge in [-0.15, -0.1) is 0 Å². The van der Waals surface area contributed by atoms with Crippen LogP contribution in [0.1, 0.15) is 45.0 Å². The number of hydrogen-bond acceptors (Lipinski definition) is 3. The quantitative estimate of drug-likeness (QED) is 0.768. The molecule has 0 saturated carbocycles. The third-order valence-electron chi connectivity index (χ3n) is 3.51. The zero-order valence-corrected chi connectivity index (χ0v) is 12.0. The van der Waals surface area contributed by atoms with Crippen molar-refractivity contribution in [2.45, 2.75) is 45.6 Å². The standard InChI is InChI=1S/C14H24N4O/c1-14(2,3)12-7-11(17-18-12)9-16-13(19)6-10-4-5-15-8-10/h7,10,15H,4-6,8-9H2,1-3H3,(H,16,19)(H,17,18)/t10-/m0/s1. The van der Waals surface area contributed by atoms with Gasteiger partial charge in [-0.25, -0.2) is 0 Å². The minimum absolute atomic E-state index is 0.0360. The Morgan fingerprint density at radius 2 is 2.32 bits per heavy atom. The van der Waals surface area contributed by atoms with Gasteiger partial charge >= 0.3 is 0 Å². The maximum Gasteiger partial charge on any atom is 0.220 e. The molecule has 1 aliphatic rings. The number of H-pyrrole nitrogens is 1. The fourth-order valence-electron chi connectivity index (χ4n) is 2.25. The molecule has 1 saturated heterocycles. The highest BCUT2D eigenvalue weighted by atomic mass is 16.1. The molecule has 0 aliphatic carbocycles. The molecule has 0 radical (unpaired) electrons. The number of carbonyl (C=O) groups excluding carboxylic acids is 1. The third-order valence-corrected chi connectivity index (χ3v) is 3.51. The van der Waals surface area contributed by atoms with E-state index in [2.05, 4.69) is 41.6 Å². The Balaban J connectivity index is 1.78. The van der Waals surface area contributed by atoms with Gasteiger partial charge < -0.3 is 10.6 Å². The molecule has 106 valence electrons. The summed E-state index contributed by atoms with van der Waals surface area (Å²) in [5, 5.41) is 13.5. The van der Waals surface area contributed by atoms with E-state index in [0.717, 1.165) is 30.9 Å². The van der Waals surface area contributed by atoms with Gasteiger partial charge in [-0.2, -0.15) is 5.10 Å². The van der Waals surface area contributed by atoms with Gasteiger partial charge in [0.2, 0.25) is 5.91 Å². The van der Waals surface area contributed by atoms with E-state index in [1.807, 2.05) is 6.07 Å². The molecule has 0 unspecified atom stereocenters. The van der Waals surface area contributed by atoms with Crippen molar-refractivity contribution in [2.24, 2.45) is 5.92 Å². The van der Waals surface area contributed by atoms with Gasteiger partial charge in [0.05, 0.1) is 17.9 Å². The predicted octanol–water partition coefficient (Wildman–Crippen LogP) is 1.32. The minimum atomic E-state index is 0.0360. The van der Waals surface area contributed by atoms with Crippen LogP contribution in [0.15, 0.2) is 6.07 Å². The number of nitrogens with zero attached hydrogens (tertiary/aromatic N) is 1. The smallest absolute Gasteiger partial charge is 0.220 e. The number of amides is 1. The van der Waals surface area contributed by atoms with Crippen LogP contribution in [0.2, 0.25) is 0 Å². The molecule has 0 spiro atoms. The summed E-state index contributed by atoms with van der Waals surface area (Å²) in [6.07, 6.45) is 1.72. The first kappa shape index (κ1) is 14.1. The molecule has 1 atom stereocenters. The van der Waals surface area contributed by atoms with E-state index in [1.165, 1.54) is 0 Å². The van der Waals surface area contributed by atoms with Crippen LogP contribution in [0.25, 0.3) is 0 Å². The van der Waals surface area contributed by atoms with Crippen molar-refractivity contribution in [2.75, 3.05) is 13.1 Å². The molecule has 1 aromatic rings. The lowest BCUT2D eigenvalue weighted by Gasteiger charge is -2.13. The van der Waals surface area contributed by atoms with Crippen LogP contribution in [-0.4, -0.2) is 29.2 Å². The molecule has 2 heterocycles. The maximum absolute atomic E-state index is 11.8. The van der Waals surface area contributed by atoms with Crippen molar-refractivity contribution in [3.63, 3.8) is 0 Å². The number of hydrogen-bond donors (Lipinski definition) is 3. The van der Waals surface area contributed by atoms with Gasteiger partial charge in [-0.05, 0) is 31.5 Å². The number of carbonyl (C=O) groups is 1. The van der Waals surface area contributed by atoms with E-state index in [-0.39, 0.29) is 11.3 Å². The first-order valence-corrected chi connectivity index (χ1v) is 6.97. The highest BCUT2D eigenvalue weighted by Gasteiger charge is 2.19. The van der Waals surface area contributed by atoms with Crippen LogP contribution >= 0.6 is 0 Å². The topological polar surface area (TPSA) is 69.8 Å². The molecule has 1 aliphatic heterocycles. The summed E-state index contributed by atoms with van der Waals surface area (Å²) in [5.74, 6) is 0.618. The van der Waals surface area contributed by atoms with Gasteiger partial charge in [0.1, 0.15) is 0 Å². The van der Waals surface area contributed by atoms with Crippen LogP contribution in [0, 0.1) is 5.92 Å². The van der Waals surface area contributed by atoms with E-state index in [9.17, 15) is 4.79 Å². The molecular weight excluding hydrogens is 240 g/mol. The molecule has 3 N–H and O–H groups in total. The van der Waals surface area contributed by atoms with Crippen LogP contribution in [-0.2, 0) is 16.8 Å². The SMILES string of the molecule is CC(C)(C)c1cc(CNC(=O)C[C@@H]2CCNC2)[nH]n1. The van der Waals surface area contributed by atoms with Crippen molar-refractivity contribution < 1.29 is 4.79 Å². The number of aromatic amines is 1. The fourth-order valence-corrected chi connectivity index (χ4v) is 2.25. The first-order valence-electron chi connectivity index (χ1n) is 6.97. The van der Waals surface area contributed by atoms with Crippen molar-refractivity contribution in [3.8, 4) is 0 Å². The molecule has 19 heavy (non-hydrogen) atoms. The normalized spacial score (nSPS) is 19.6. The van der Waals surface area contributed by atoms with Gasteiger partial charge in [-0.3, -0.25) is 9.89 Å². The summed E-state index contributed by atoms with van der Waals surface area (Å²) in [6, 6.07) is 2.03. The lowest BCUT2D eigenvalue weighted by Crippen LogP contribution is -2.26. The Morgan fingerprint density at radius 1 is 1.53 bits per heavy atom. The lowest BCUT2D eigenvalue weighted by atomic mass is 9.92. The molecule has 0 aromatic carbocycles. The number of nitrogens with one attached hydrogen (secondary N) is 3. The first-order chi connectivity index (χ1) is 8.95. The molecule has 0 bridgehead atoms. The van der Waals surface area contributed by atoms with Gasteiger partial charge in [-0.1, -0.05) is 20.8 Å². The van der Waals surface area contributed by atoms with Gasteiger partial charge in [0, 0.05) is 11.8 Å². The molecule has 5 nitrogen and oxygen atoms in total. The largest absolute Gasteiger partial charge is 0.350 e. The Labute approximate surface area is 114 Å². The molecule has 2 rings (SSSR count). The Hall–Kier alpha value is -1.36. The molecule has 1 aromatic heterocycles. The average Bonchev–Trinajstić information content (AvgIpc) is 2.95. The predicted molar refractivity (Wildman–Crippen MR) is 74.7 cm³/mol. The lowest BCUT2D eigenvalue weighted by molar-refractivity contribution is -0.122. The van der Waals surface area contributed by atoms with Crippen LogP contribution in [0.5, 0.6) is 0 Å². The molecule has 5 heteroatoms. The van der Waals surface area contributed by atoms with Crippen molar-refractivity contribution in [1.29, 1.82) is 0 Å². The Bertz CT molecular complexity index is 427. The zero-order valence-electron chi connectivity index (χ0n) is 12.0. The highest BCUT2D eigenvalue weighted by molar-refractivity contribution is 5.76. The van der Waals surface area contributed by atoms with Crippen molar-refractivity contribution in [3.05, 3.63) is 17.5 Å². The number of aromatic nitrogens is 2. The monoisotopic (exact) mass is 264 g/mol. The average molecular weight is 264 g/mol. The second-order valence-electron chi connectivity index (χ2n) is 6.37. The van der Waals surface area contributed by atoms with Gasteiger partial charge in [0.15, 0.2) is 0 Å². The van der Waals surface area contributed by atoms with Crippen molar-refractivity contribution in [1.82, 2.24) is 20.8 Å². The minimum Gasteiger partial charge on any atom is -0.350 e. The Morgan fingerprint density at radius 3 is 2.89 bits per heavy atom. The molecule has 1 fully saturated rings. The molecule has 1 amide bonds. The van der Waals surface area contributed by atoms with Crippen LogP contribution < -0.4 is 10.6 Å². The van der Waals surface area contributed by atoms with Crippen molar-refractivity contribution >= 4 is 5.91 Å². The summed E-state index contributed by atoms with van der Waals surface area (Å²) in [5.41, 5.74) is 2.02. The second-order valence-corrected chi connectivity index (χ2v) is 6.37. The van der Waals surface area contributed by atoms with Crippen LogP contribution in [0.3, 0.4) is 0 Å². The summed E-state index contributed by atoms with van der Waals surface area (Å²) < 4.78 is 0. The van der Waals surface area contributed by atoms with E-state index in [4.69, 9.17) is 0 Å².